The van der Waals surface area contributed by atoms with Gasteiger partial charge in [0.1, 0.15) is 6.29 Å². The van der Waals surface area contributed by atoms with E-state index in [9.17, 15) is 4.79 Å². The molecule has 0 fully saturated rings. The van der Waals surface area contributed by atoms with E-state index in [1.807, 2.05) is 0 Å². The second-order valence-corrected chi connectivity index (χ2v) is 13.3. The number of carbonyl (C=O) groups excluding carboxylic acids is 1. The van der Waals surface area contributed by atoms with Crippen LogP contribution in [-0.2, 0) is 4.79 Å². The van der Waals surface area contributed by atoms with Gasteiger partial charge in [0.05, 0.1) is 0 Å². The Kier molecular flexibility index (Phi) is 31.9. The van der Waals surface area contributed by atoms with Crippen LogP contribution in [0.25, 0.3) is 0 Å². The van der Waals surface area contributed by atoms with Crippen LogP contribution in [0.5, 0.6) is 0 Å². The molecule has 0 heterocycles. The largest absolute Gasteiger partial charge is 0.303 e. The summed E-state index contributed by atoms with van der Waals surface area (Å²) < 4.78 is 0. The molecule has 0 aliphatic rings. The molecule has 0 aliphatic heterocycles. The van der Waals surface area contributed by atoms with E-state index in [1.165, 1.54) is 199 Å². The van der Waals surface area contributed by atoms with Gasteiger partial charge in [-0.1, -0.05) is 213 Å². The lowest BCUT2D eigenvalue weighted by Gasteiger charge is -2.28. The van der Waals surface area contributed by atoms with Crippen molar-refractivity contribution in [3.8, 4) is 0 Å². The summed E-state index contributed by atoms with van der Waals surface area (Å²) >= 11 is 0. The molecular weight excluding hydrogens is 472 g/mol. The van der Waals surface area contributed by atoms with Crippen LogP contribution in [0.4, 0.5) is 0 Å². The summed E-state index contributed by atoms with van der Waals surface area (Å²) in [7, 11) is 0. The van der Waals surface area contributed by atoms with Gasteiger partial charge in [0.2, 0.25) is 0 Å². The van der Waals surface area contributed by atoms with Gasteiger partial charge in [-0.3, -0.25) is 0 Å². The lowest BCUT2D eigenvalue weighted by Crippen LogP contribution is -2.23. The molecule has 1 atom stereocenters. The van der Waals surface area contributed by atoms with Crippen molar-refractivity contribution in [1.29, 1.82) is 0 Å². The first-order chi connectivity index (χ1) is 19.2. The third kappa shape index (κ3) is 27.6. The fourth-order valence-electron chi connectivity index (χ4n) is 6.45. The topological polar surface area (TPSA) is 17.1 Å². The summed E-state index contributed by atoms with van der Waals surface area (Å²) in [5.74, 6) is 0. The lowest BCUT2D eigenvalue weighted by atomic mass is 9.75. The van der Waals surface area contributed by atoms with E-state index in [-0.39, 0.29) is 5.41 Å². The standard InChI is InChI=1S/C38H76O/c1-4-7-10-13-16-18-20-21-22-23-25-27-30-33-36-38(37-39,34-31-28-15-12-9-6-3)35-32-29-26-24-19-17-14-11-8-5-2/h37H,4-36H2,1-3H3. The molecule has 0 spiro atoms. The molecule has 234 valence electrons. The number of hydrogen-bond acceptors (Lipinski definition) is 1. The molecule has 0 radical (unpaired) electrons. The van der Waals surface area contributed by atoms with Crippen LogP contribution in [0.1, 0.15) is 233 Å². The Bertz CT molecular complexity index is 458. The molecule has 1 nitrogen and oxygen atoms in total. The van der Waals surface area contributed by atoms with Gasteiger partial charge in [-0.25, -0.2) is 0 Å². The summed E-state index contributed by atoms with van der Waals surface area (Å²) in [5.41, 5.74) is -0.0119. The Labute approximate surface area is 248 Å². The average Bonchev–Trinajstić information content (AvgIpc) is 2.95. The van der Waals surface area contributed by atoms with E-state index in [0.717, 1.165) is 19.3 Å². The van der Waals surface area contributed by atoms with Gasteiger partial charge >= 0.3 is 0 Å². The van der Waals surface area contributed by atoms with Crippen molar-refractivity contribution in [3.63, 3.8) is 0 Å². The van der Waals surface area contributed by atoms with Crippen LogP contribution in [0.15, 0.2) is 0 Å². The third-order valence-corrected chi connectivity index (χ3v) is 9.33. The van der Waals surface area contributed by atoms with E-state index in [1.54, 1.807) is 0 Å². The van der Waals surface area contributed by atoms with E-state index < -0.39 is 0 Å². The molecule has 1 unspecified atom stereocenters. The van der Waals surface area contributed by atoms with Crippen LogP contribution in [-0.4, -0.2) is 6.29 Å². The molecule has 0 aromatic rings. The normalized spacial score (nSPS) is 13.1. The Balaban J connectivity index is 4.08. The molecule has 0 amide bonds. The van der Waals surface area contributed by atoms with Gasteiger partial charge in [0, 0.05) is 5.41 Å². The zero-order valence-electron chi connectivity index (χ0n) is 27.8. The molecular formula is C38H76O. The minimum atomic E-state index is -0.0119. The Morgan fingerprint density at radius 1 is 0.308 bits per heavy atom. The summed E-state index contributed by atoms with van der Waals surface area (Å²) in [6, 6.07) is 0. The van der Waals surface area contributed by atoms with Crippen LogP contribution < -0.4 is 0 Å². The SMILES string of the molecule is CCCCCCCCCCCCCCCCC(C=O)(CCCCCCCC)CCCCCCCCCCCC. The second kappa shape index (κ2) is 32.2. The van der Waals surface area contributed by atoms with Crippen LogP contribution in [0.3, 0.4) is 0 Å². The Morgan fingerprint density at radius 3 is 0.667 bits per heavy atom. The zero-order chi connectivity index (χ0) is 28.5. The molecule has 39 heavy (non-hydrogen) atoms. The van der Waals surface area contributed by atoms with Crippen LogP contribution >= 0.6 is 0 Å². The highest BCUT2D eigenvalue weighted by Gasteiger charge is 2.28. The minimum Gasteiger partial charge on any atom is -0.303 e. The molecule has 0 bridgehead atoms. The molecule has 0 N–H and O–H groups in total. The molecule has 0 aromatic heterocycles. The summed E-state index contributed by atoms with van der Waals surface area (Å²) in [5, 5.41) is 0. The highest BCUT2D eigenvalue weighted by Crippen LogP contribution is 2.35. The minimum absolute atomic E-state index is 0.0119. The zero-order valence-corrected chi connectivity index (χ0v) is 27.8. The molecule has 1 heteroatoms. The molecule has 0 aliphatic carbocycles. The first kappa shape index (κ1) is 38.7. The fraction of sp³-hybridized carbons (Fsp3) is 0.974. The van der Waals surface area contributed by atoms with Crippen molar-refractivity contribution in [2.45, 2.75) is 233 Å². The van der Waals surface area contributed by atoms with Gasteiger partial charge in [-0.2, -0.15) is 0 Å². The smallest absolute Gasteiger partial charge is 0.126 e. The van der Waals surface area contributed by atoms with Gasteiger partial charge < -0.3 is 4.79 Å². The van der Waals surface area contributed by atoms with Crippen molar-refractivity contribution >= 4 is 6.29 Å². The number of aldehydes is 1. The summed E-state index contributed by atoms with van der Waals surface area (Å²) in [6.45, 7) is 6.89. The van der Waals surface area contributed by atoms with E-state index in [0.29, 0.717) is 0 Å². The fourth-order valence-corrected chi connectivity index (χ4v) is 6.45. The monoisotopic (exact) mass is 549 g/mol. The maximum atomic E-state index is 12.4. The van der Waals surface area contributed by atoms with Gasteiger partial charge in [0.15, 0.2) is 0 Å². The maximum Gasteiger partial charge on any atom is 0.126 e. The van der Waals surface area contributed by atoms with Crippen molar-refractivity contribution in [2.75, 3.05) is 0 Å². The number of carbonyl (C=O) groups is 1. The van der Waals surface area contributed by atoms with Crippen molar-refractivity contribution < 1.29 is 4.79 Å². The van der Waals surface area contributed by atoms with Crippen LogP contribution in [0, 0.1) is 5.41 Å². The third-order valence-electron chi connectivity index (χ3n) is 9.33. The second-order valence-electron chi connectivity index (χ2n) is 13.3. The average molecular weight is 549 g/mol. The Hall–Kier alpha value is -0.330. The molecule has 0 saturated heterocycles. The number of unbranched alkanes of at least 4 members (excludes halogenated alkanes) is 27. The first-order valence-electron chi connectivity index (χ1n) is 18.7. The highest BCUT2D eigenvalue weighted by molar-refractivity contribution is 5.59. The van der Waals surface area contributed by atoms with Gasteiger partial charge in [-0.15, -0.1) is 0 Å². The first-order valence-corrected chi connectivity index (χ1v) is 18.7. The molecule has 0 aromatic carbocycles. The number of hydrogen-bond donors (Lipinski definition) is 0. The maximum absolute atomic E-state index is 12.4. The number of rotatable bonds is 34. The highest BCUT2D eigenvalue weighted by atomic mass is 16.1. The van der Waals surface area contributed by atoms with Crippen molar-refractivity contribution in [3.05, 3.63) is 0 Å². The molecule has 0 saturated carbocycles. The predicted molar refractivity (Wildman–Crippen MR) is 178 cm³/mol. The van der Waals surface area contributed by atoms with Crippen molar-refractivity contribution in [1.82, 2.24) is 0 Å². The van der Waals surface area contributed by atoms with E-state index >= 15 is 0 Å². The quantitative estimate of drug-likeness (QED) is 0.0577. The summed E-state index contributed by atoms with van der Waals surface area (Å²) in [6.07, 6.45) is 46.4. The lowest BCUT2D eigenvalue weighted by molar-refractivity contribution is -0.117. The van der Waals surface area contributed by atoms with Crippen LogP contribution in [0.2, 0.25) is 0 Å². The van der Waals surface area contributed by atoms with E-state index in [4.69, 9.17) is 0 Å². The Morgan fingerprint density at radius 2 is 0.487 bits per heavy atom. The van der Waals surface area contributed by atoms with E-state index in [2.05, 4.69) is 20.8 Å². The summed E-state index contributed by atoms with van der Waals surface area (Å²) in [4.78, 5) is 12.4. The molecule has 0 rings (SSSR count). The van der Waals surface area contributed by atoms with Crippen molar-refractivity contribution in [2.24, 2.45) is 5.41 Å². The van der Waals surface area contributed by atoms with Gasteiger partial charge in [-0.05, 0) is 19.3 Å². The predicted octanol–water partition coefficient (Wildman–Crippen LogP) is 14.1. The van der Waals surface area contributed by atoms with Gasteiger partial charge in [0.25, 0.3) is 0 Å².